The molecule has 1 rings (SSSR count). The molecule has 0 aliphatic rings. The summed E-state index contributed by atoms with van der Waals surface area (Å²) < 4.78 is 5.65. The minimum atomic E-state index is -0.364. The lowest BCUT2D eigenvalue weighted by Crippen LogP contribution is -2.55. The smallest absolute Gasteiger partial charge is 0.223 e. The summed E-state index contributed by atoms with van der Waals surface area (Å²) in [4.78, 5) is 12.0. The van der Waals surface area contributed by atoms with Crippen molar-refractivity contribution in [3.05, 3.63) is 29.3 Å². The number of rotatable bonds is 7. The van der Waals surface area contributed by atoms with Crippen molar-refractivity contribution in [1.29, 1.82) is 0 Å². The number of hydrogen-bond donors (Lipinski definition) is 2. The maximum absolute atomic E-state index is 12.0. The molecule has 118 valence electrons. The minimum Gasteiger partial charge on any atom is -0.493 e. The molecule has 0 aliphatic heterocycles. The lowest BCUT2D eigenvalue weighted by molar-refractivity contribution is -0.123. The van der Waals surface area contributed by atoms with E-state index in [9.17, 15) is 4.79 Å². The van der Waals surface area contributed by atoms with Gasteiger partial charge in [0.25, 0.3) is 0 Å². The highest BCUT2D eigenvalue weighted by molar-refractivity contribution is 5.77. The maximum Gasteiger partial charge on any atom is 0.223 e. The highest BCUT2D eigenvalue weighted by Crippen LogP contribution is 2.17. The van der Waals surface area contributed by atoms with Crippen molar-refractivity contribution in [2.45, 2.75) is 46.6 Å². The third kappa shape index (κ3) is 5.38. The Bertz CT molecular complexity index is 465. The van der Waals surface area contributed by atoms with Crippen LogP contribution in [0.4, 0.5) is 0 Å². The summed E-state index contributed by atoms with van der Waals surface area (Å²) >= 11 is 0. The number of amides is 1. The van der Waals surface area contributed by atoms with Gasteiger partial charge in [0.1, 0.15) is 5.75 Å². The van der Waals surface area contributed by atoms with Crippen LogP contribution < -0.4 is 15.8 Å². The summed E-state index contributed by atoms with van der Waals surface area (Å²) in [6.45, 7) is 10.9. The largest absolute Gasteiger partial charge is 0.493 e. The van der Waals surface area contributed by atoms with E-state index in [4.69, 9.17) is 10.5 Å². The fourth-order valence-corrected chi connectivity index (χ4v) is 2.09. The van der Waals surface area contributed by atoms with Crippen molar-refractivity contribution in [1.82, 2.24) is 5.32 Å². The lowest BCUT2D eigenvalue weighted by Gasteiger charge is -2.33. The fraction of sp³-hybridized carbons (Fsp3) is 0.588. The topological polar surface area (TPSA) is 64.3 Å². The van der Waals surface area contributed by atoms with Gasteiger partial charge in [-0.15, -0.1) is 0 Å². The van der Waals surface area contributed by atoms with E-state index in [0.717, 1.165) is 16.9 Å². The number of hydrogen-bond acceptors (Lipinski definition) is 3. The van der Waals surface area contributed by atoms with E-state index < -0.39 is 0 Å². The Kier molecular flexibility index (Phi) is 6.21. The summed E-state index contributed by atoms with van der Waals surface area (Å²) in [6, 6.07) is 6.04. The molecule has 0 heterocycles. The molecule has 1 atom stereocenters. The molecule has 0 saturated carbocycles. The second kappa shape index (κ2) is 7.46. The molecular weight excluding hydrogens is 264 g/mol. The predicted molar refractivity (Wildman–Crippen MR) is 86.5 cm³/mol. The van der Waals surface area contributed by atoms with Gasteiger partial charge in [-0.3, -0.25) is 4.79 Å². The summed E-state index contributed by atoms with van der Waals surface area (Å²) in [5, 5.41) is 3.01. The minimum absolute atomic E-state index is 0.0268. The SMILES string of the molecule is Cc1cc(C)cc(OCCC(=O)NC(C)(CN)C(C)C)c1. The molecule has 0 saturated heterocycles. The number of benzene rings is 1. The molecule has 0 radical (unpaired) electrons. The average molecular weight is 292 g/mol. The van der Waals surface area contributed by atoms with Crippen LogP contribution in [-0.2, 0) is 4.79 Å². The highest BCUT2D eigenvalue weighted by atomic mass is 16.5. The normalized spacial score (nSPS) is 13.9. The Balaban J connectivity index is 2.47. The van der Waals surface area contributed by atoms with Crippen LogP contribution in [0.25, 0.3) is 0 Å². The monoisotopic (exact) mass is 292 g/mol. The van der Waals surface area contributed by atoms with E-state index in [-0.39, 0.29) is 17.4 Å². The van der Waals surface area contributed by atoms with Crippen molar-refractivity contribution < 1.29 is 9.53 Å². The van der Waals surface area contributed by atoms with Crippen LogP contribution in [0.2, 0.25) is 0 Å². The van der Waals surface area contributed by atoms with Gasteiger partial charge >= 0.3 is 0 Å². The third-order valence-electron chi connectivity index (χ3n) is 3.92. The van der Waals surface area contributed by atoms with Crippen LogP contribution in [0.3, 0.4) is 0 Å². The Morgan fingerprint density at radius 3 is 2.33 bits per heavy atom. The second-order valence-corrected chi connectivity index (χ2v) is 6.25. The average Bonchev–Trinajstić information content (AvgIpc) is 2.37. The van der Waals surface area contributed by atoms with Gasteiger partial charge in [-0.1, -0.05) is 19.9 Å². The molecule has 21 heavy (non-hydrogen) atoms. The van der Waals surface area contributed by atoms with Gasteiger partial charge in [0.15, 0.2) is 0 Å². The number of nitrogens with one attached hydrogen (secondary N) is 1. The van der Waals surface area contributed by atoms with Crippen LogP contribution in [0, 0.1) is 19.8 Å². The molecule has 1 unspecified atom stereocenters. The van der Waals surface area contributed by atoms with Crippen molar-refractivity contribution in [2.75, 3.05) is 13.2 Å². The van der Waals surface area contributed by atoms with E-state index >= 15 is 0 Å². The van der Waals surface area contributed by atoms with Gasteiger partial charge in [0.05, 0.1) is 18.6 Å². The van der Waals surface area contributed by atoms with Crippen molar-refractivity contribution in [2.24, 2.45) is 11.7 Å². The summed E-state index contributed by atoms with van der Waals surface area (Å²) in [5.74, 6) is 1.07. The number of carbonyl (C=O) groups is 1. The first kappa shape index (κ1) is 17.5. The molecule has 1 aromatic rings. The molecule has 0 bridgehead atoms. The zero-order chi connectivity index (χ0) is 16.0. The van der Waals surface area contributed by atoms with Crippen LogP contribution in [0.5, 0.6) is 5.75 Å². The zero-order valence-electron chi connectivity index (χ0n) is 13.8. The van der Waals surface area contributed by atoms with E-state index in [2.05, 4.69) is 25.2 Å². The van der Waals surface area contributed by atoms with Crippen molar-refractivity contribution in [3.8, 4) is 5.75 Å². The van der Waals surface area contributed by atoms with Gasteiger partial charge < -0.3 is 15.8 Å². The molecule has 3 N–H and O–H groups in total. The van der Waals surface area contributed by atoms with Crippen molar-refractivity contribution >= 4 is 5.91 Å². The molecule has 0 fully saturated rings. The van der Waals surface area contributed by atoms with Crippen molar-refractivity contribution in [3.63, 3.8) is 0 Å². The maximum atomic E-state index is 12.0. The number of nitrogens with two attached hydrogens (primary N) is 1. The molecular formula is C17H28N2O2. The van der Waals surface area contributed by atoms with E-state index in [1.165, 1.54) is 0 Å². The van der Waals surface area contributed by atoms with Crippen LogP contribution >= 0.6 is 0 Å². The van der Waals surface area contributed by atoms with Gasteiger partial charge in [-0.2, -0.15) is 0 Å². The quantitative estimate of drug-likeness (QED) is 0.812. The first-order valence-electron chi connectivity index (χ1n) is 7.49. The Labute approximate surface area is 128 Å². The summed E-state index contributed by atoms with van der Waals surface area (Å²) in [7, 11) is 0. The third-order valence-corrected chi connectivity index (χ3v) is 3.92. The number of aryl methyl sites for hydroxylation is 2. The number of ether oxygens (including phenoxy) is 1. The Morgan fingerprint density at radius 2 is 1.86 bits per heavy atom. The molecule has 0 aromatic heterocycles. The standard InChI is InChI=1S/C17H28N2O2/c1-12(2)17(5,11-18)19-16(20)6-7-21-15-9-13(3)8-14(4)10-15/h8-10,12H,6-7,11,18H2,1-5H3,(H,19,20). The molecule has 4 nitrogen and oxygen atoms in total. The molecule has 0 spiro atoms. The molecule has 0 aliphatic carbocycles. The van der Waals surface area contributed by atoms with Crippen LogP contribution in [-0.4, -0.2) is 24.6 Å². The first-order chi connectivity index (χ1) is 9.76. The highest BCUT2D eigenvalue weighted by Gasteiger charge is 2.28. The van der Waals surface area contributed by atoms with Gasteiger partial charge in [0, 0.05) is 6.54 Å². The lowest BCUT2D eigenvalue weighted by atomic mass is 9.88. The molecule has 1 aromatic carbocycles. The summed E-state index contributed by atoms with van der Waals surface area (Å²) in [5.41, 5.74) is 7.71. The van der Waals surface area contributed by atoms with Crippen LogP contribution in [0.1, 0.15) is 38.3 Å². The number of carbonyl (C=O) groups excluding carboxylic acids is 1. The van der Waals surface area contributed by atoms with E-state index in [1.807, 2.05) is 32.9 Å². The van der Waals surface area contributed by atoms with E-state index in [0.29, 0.717) is 19.6 Å². The van der Waals surface area contributed by atoms with E-state index in [1.54, 1.807) is 0 Å². The molecule has 1 amide bonds. The predicted octanol–water partition coefficient (Wildman–Crippen LogP) is 2.56. The molecule has 4 heteroatoms. The van der Waals surface area contributed by atoms with Gasteiger partial charge in [-0.05, 0) is 49.9 Å². The Hall–Kier alpha value is -1.55. The Morgan fingerprint density at radius 1 is 1.29 bits per heavy atom. The van der Waals surface area contributed by atoms with Crippen LogP contribution in [0.15, 0.2) is 18.2 Å². The fourth-order valence-electron chi connectivity index (χ4n) is 2.09. The van der Waals surface area contributed by atoms with Gasteiger partial charge in [0.2, 0.25) is 5.91 Å². The zero-order valence-corrected chi connectivity index (χ0v) is 13.8. The summed E-state index contributed by atoms with van der Waals surface area (Å²) in [6.07, 6.45) is 0.329. The second-order valence-electron chi connectivity index (χ2n) is 6.25. The first-order valence-corrected chi connectivity index (χ1v) is 7.49. The van der Waals surface area contributed by atoms with Gasteiger partial charge in [-0.25, -0.2) is 0 Å².